The average Bonchev–Trinajstić information content (AvgIpc) is 2.81. The lowest BCUT2D eigenvalue weighted by Gasteiger charge is -2.59. The summed E-state index contributed by atoms with van der Waals surface area (Å²) in [5.41, 5.74) is 2.37. The molecule has 0 saturated heterocycles. The predicted molar refractivity (Wildman–Crippen MR) is 90.8 cm³/mol. The molecule has 3 aliphatic rings. The third-order valence-corrected chi connectivity index (χ3v) is 6.73. The third kappa shape index (κ3) is 2.88. The van der Waals surface area contributed by atoms with Crippen LogP contribution in [-0.2, 0) is 9.53 Å². The summed E-state index contributed by atoms with van der Waals surface area (Å²) in [6.07, 6.45) is 7.39. The quantitative estimate of drug-likeness (QED) is 0.631. The molecule has 0 aromatic rings. The van der Waals surface area contributed by atoms with Crippen LogP contribution < -0.4 is 0 Å². The van der Waals surface area contributed by atoms with Crippen molar-refractivity contribution >= 4 is 5.97 Å². The third-order valence-electron chi connectivity index (χ3n) is 6.73. The molecule has 0 spiro atoms. The number of carbonyl (C=O) groups is 1. The van der Waals surface area contributed by atoms with Crippen molar-refractivity contribution in [3.8, 4) is 0 Å². The topological polar surface area (TPSA) is 46.5 Å². The summed E-state index contributed by atoms with van der Waals surface area (Å²) in [5, 5.41) is 10.5. The minimum absolute atomic E-state index is 0.0829. The van der Waals surface area contributed by atoms with Crippen LogP contribution in [0.5, 0.6) is 0 Å². The second kappa shape index (κ2) is 5.77. The zero-order valence-corrected chi connectivity index (χ0v) is 14.7. The fourth-order valence-electron chi connectivity index (χ4n) is 5.87. The summed E-state index contributed by atoms with van der Waals surface area (Å²) in [7, 11) is 0. The molecule has 2 fully saturated rings. The SMILES string of the molecule is C=C1CCC2C(C)(C)CC(O)CC2(C)C1CCC1=CCOC1=O. The fourth-order valence-corrected chi connectivity index (χ4v) is 5.87. The first-order valence-corrected chi connectivity index (χ1v) is 8.96. The van der Waals surface area contributed by atoms with Crippen LogP contribution in [0.2, 0.25) is 0 Å². The van der Waals surface area contributed by atoms with Gasteiger partial charge >= 0.3 is 5.97 Å². The Hall–Kier alpha value is -1.09. The standard InChI is InChI=1S/C20H30O3/c1-13-5-8-17-19(2,3)11-15(21)12-20(17,4)16(13)7-6-14-9-10-23-18(14)22/h9,15-17,21H,1,5-8,10-12H2,2-4H3. The Balaban J connectivity index is 1.82. The Labute approximate surface area is 139 Å². The van der Waals surface area contributed by atoms with Gasteiger partial charge in [-0.25, -0.2) is 4.79 Å². The molecule has 3 rings (SSSR count). The Morgan fingerprint density at radius 1 is 1.35 bits per heavy atom. The normalized spacial score (nSPS) is 39.7. The number of rotatable bonds is 3. The fraction of sp³-hybridized carbons (Fsp3) is 0.750. The maximum Gasteiger partial charge on any atom is 0.334 e. The molecule has 3 heteroatoms. The predicted octanol–water partition coefficient (Wildman–Crippen LogP) is 4.02. The van der Waals surface area contributed by atoms with Gasteiger partial charge in [0, 0.05) is 5.57 Å². The van der Waals surface area contributed by atoms with Crippen LogP contribution in [0.15, 0.2) is 23.8 Å². The number of aliphatic hydroxyl groups excluding tert-OH is 1. The number of aliphatic hydroxyl groups is 1. The van der Waals surface area contributed by atoms with Gasteiger partial charge < -0.3 is 9.84 Å². The Kier molecular flexibility index (Phi) is 4.20. The van der Waals surface area contributed by atoms with E-state index >= 15 is 0 Å². The van der Waals surface area contributed by atoms with Crippen molar-refractivity contribution in [2.45, 2.75) is 65.4 Å². The molecular weight excluding hydrogens is 288 g/mol. The highest BCUT2D eigenvalue weighted by atomic mass is 16.5. The molecule has 0 aromatic carbocycles. The first kappa shape index (κ1) is 16.8. The Morgan fingerprint density at radius 2 is 2.09 bits per heavy atom. The second-order valence-electron chi connectivity index (χ2n) is 8.73. The van der Waals surface area contributed by atoms with Gasteiger partial charge in [-0.3, -0.25) is 0 Å². The Bertz CT molecular complexity index is 545. The van der Waals surface area contributed by atoms with Crippen molar-refractivity contribution in [2.75, 3.05) is 6.61 Å². The molecule has 1 N–H and O–H groups in total. The number of cyclic esters (lactones) is 1. The minimum atomic E-state index is -0.227. The van der Waals surface area contributed by atoms with Crippen LogP contribution >= 0.6 is 0 Å². The lowest BCUT2D eigenvalue weighted by atomic mass is 9.46. The number of esters is 1. The van der Waals surface area contributed by atoms with E-state index in [0.29, 0.717) is 18.4 Å². The number of carbonyl (C=O) groups excluding carboxylic acids is 1. The van der Waals surface area contributed by atoms with Crippen LogP contribution in [0.1, 0.15) is 59.3 Å². The van der Waals surface area contributed by atoms with Gasteiger partial charge in [-0.1, -0.05) is 32.9 Å². The van der Waals surface area contributed by atoms with E-state index < -0.39 is 0 Å². The van der Waals surface area contributed by atoms with Crippen molar-refractivity contribution in [3.63, 3.8) is 0 Å². The van der Waals surface area contributed by atoms with Crippen LogP contribution in [0.25, 0.3) is 0 Å². The van der Waals surface area contributed by atoms with Crippen LogP contribution in [0, 0.1) is 22.7 Å². The number of fused-ring (bicyclic) bond motifs is 1. The van der Waals surface area contributed by atoms with E-state index in [1.165, 1.54) is 12.0 Å². The number of hydrogen-bond acceptors (Lipinski definition) is 3. The van der Waals surface area contributed by atoms with E-state index in [9.17, 15) is 9.90 Å². The van der Waals surface area contributed by atoms with E-state index in [1.54, 1.807) is 0 Å². The van der Waals surface area contributed by atoms with E-state index in [0.717, 1.165) is 37.7 Å². The molecule has 0 radical (unpaired) electrons. The van der Waals surface area contributed by atoms with Gasteiger partial charge in [0.2, 0.25) is 0 Å². The summed E-state index contributed by atoms with van der Waals surface area (Å²) >= 11 is 0. The molecule has 3 nitrogen and oxygen atoms in total. The molecule has 0 bridgehead atoms. The van der Waals surface area contributed by atoms with Crippen molar-refractivity contribution in [3.05, 3.63) is 23.8 Å². The zero-order valence-electron chi connectivity index (χ0n) is 14.7. The molecule has 0 amide bonds. The number of ether oxygens (including phenoxy) is 1. The van der Waals surface area contributed by atoms with E-state index in [4.69, 9.17) is 4.74 Å². The molecule has 4 unspecified atom stereocenters. The minimum Gasteiger partial charge on any atom is -0.458 e. The van der Waals surface area contributed by atoms with Crippen molar-refractivity contribution in [1.82, 2.24) is 0 Å². The highest BCUT2D eigenvalue weighted by molar-refractivity contribution is 5.90. The lowest BCUT2D eigenvalue weighted by Crippen LogP contribution is -2.53. The summed E-state index contributed by atoms with van der Waals surface area (Å²) in [6.45, 7) is 11.7. The first-order valence-electron chi connectivity index (χ1n) is 8.96. The van der Waals surface area contributed by atoms with Gasteiger partial charge in [-0.2, -0.15) is 0 Å². The molecule has 2 aliphatic carbocycles. The number of allylic oxidation sites excluding steroid dienone is 1. The summed E-state index contributed by atoms with van der Waals surface area (Å²) in [6, 6.07) is 0. The molecular formula is C20H30O3. The highest BCUT2D eigenvalue weighted by Gasteiger charge is 2.54. The Morgan fingerprint density at radius 3 is 2.74 bits per heavy atom. The maximum atomic E-state index is 11.7. The van der Waals surface area contributed by atoms with Gasteiger partial charge in [0.25, 0.3) is 0 Å². The summed E-state index contributed by atoms with van der Waals surface area (Å²) < 4.78 is 5.02. The summed E-state index contributed by atoms with van der Waals surface area (Å²) in [4.78, 5) is 11.7. The van der Waals surface area contributed by atoms with Crippen LogP contribution in [0.4, 0.5) is 0 Å². The van der Waals surface area contributed by atoms with E-state index in [2.05, 4.69) is 27.4 Å². The second-order valence-corrected chi connectivity index (χ2v) is 8.73. The van der Waals surface area contributed by atoms with Crippen LogP contribution in [0.3, 0.4) is 0 Å². The largest absolute Gasteiger partial charge is 0.458 e. The van der Waals surface area contributed by atoms with Gasteiger partial charge in [0.05, 0.1) is 6.10 Å². The van der Waals surface area contributed by atoms with Gasteiger partial charge in [0.1, 0.15) is 6.61 Å². The molecule has 2 saturated carbocycles. The van der Waals surface area contributed by atoms with Crippen molar-refractivity contribution < 1.29 is 14.6 Å². The zero-order chi connectivity index (χ0) is 16.8. The molecule has 0 aromatic heterocycles. The number of hydrogen-bond donors (Lipinski definition) is 1. The first-order chi connectivity index (χ1) is 10.7. The molecule has 4 atom stereocenters. The summed E-state index contributed by atoms with van der Waals surface area (Å²) in [5.74, 6) is 0.834. The monoisotopic (exact) mass is 318 g/mol. The van der Waals surface area contributed by atoms with E-state index in [1.807, 2.05) is 6.08 Å². The van der Waals surface area contributed by atoms with E-state index in [-0.39, 0.29) is 22.9 Å². The highest BCUT2D eigenvalue weighted by Crippen LogP contribution is 2.61. The van der Waals surface area contributed by atoms with Crippen LogP contribution in [-0.4, -0.2) is 23.8 Å². The maximum absolute atomic E-state index is 11.7. The molecule has 128 valence electrons. The van der Waals surface area contributed by atoms with Gasteiger partial charge in [-0.05, 0) is 67.3 Å². The van der Waals surface area contributed by atoms with Crippen molar-refractivity contribution in [1.29, 1.82) is 0 Å². The smallest absolute Gasteiger partial charge is 0.334 e. The molecule has 1 aliphatic heterocycles. The van der Waals surface area contributed by atoms with Gasteiger partial charge in [-0.15, -0.1) is 0 Å². The van der Waals surface area contributed by atoms with Crippen molar-refractivity contribution in [2.24, 2.45) is 22.7 Å². The molecule has 1 heterocycles. The molecule has 23 heavy (non-hydrogen) atoms. The average molecular weight is 318 g/mol. The lowest BCUT2D eigenvalue weighted by molar-refractivity contribution is -0.136. The van der Waals surface area contributed by atoms with Gasteiger partial charge in [0.15, 0.2) is 0 Å².